The van der Waals surface area contributed by atoms with E-state index in [2.05, 4.69) is 5.32 Å². The quantitative estimate of drug-likeness (QED) is 0.811. The molecule has 0 bridgehead atoms. The van der Waals surface area contributed by atoms with Crippen LogP contribution >= 0.6 is 0 Å². The van der Waals surface area contributed by atoms with Gasteiger partial charge in [0.25, 0.3) is 0 Å². The standard InChI is InChI=1S/C13H25N3O3/c1-10(2)9-11(14-13(18)15(3)4)12(17)16-5-7-19-8-6-16/h10-11H,5-9H2,1-4H3,(H,14,18)/t11-/m0/s1. The average molecular weight is 271 g/mol. The van der Waals surface area contributed by atoms with Gasteiger partial charge in [-0.3, -0.25) is 4.79 Å². The first kappa shape index (κ1) is 15.8. The van der Waals surface area contributed by atoms with Crippen LogP contribution in [0.15, 0.2) is 0 Å². The van der Waals surface area contributed by atoms with Crippen molar-refractivity contribution in [2.45, 2.75) is 26.3 Å². The van der Waals surface area contributed by atoms with Crippen molar-refractivity contribution in [2.24, 2.45) is 5.92 Å². The molecular weight excluding hydrogens is 246 g/mol. The van der Waals surface area contributed by atoms with Gasteiger partial charge >= 0.3 is 6.03 Å². The van der Waals surface area contributed by atoms with Crippen LogP contribution < -0.4 is 5.32 Å². The van der Waals surface area contributed by atoms with E-state index in [0.29, 0.717) is 38.6 Å². The highest BCUT2D eigenvalue weighted by molar-refractivity contribution is 5.87. The van der Waals surface area contributed by atoms with Crippen LogP contribution in [0.5, 0.6) is 0 Å². The Morgan fingerprint density at radius 1 is 1.26 bits per heavy atom. The lowest BCUT2D eigenvalue weighted by Crippen LogP contribution is -2.53. The largest absolute Gasteiger partial charge is 0.378 e. The number of nitrogens with one attached hydrogen (secondary N) is 1. The van der Waals surface area contributed by atoms with Crippen LogP contribution in [0.25, 0.3) is 0 Å². The Kier molecular flexibility index (Phi) is 6.08. The maximum atomic E-state index is 12.4. The minimum Gasteiger partial charge on any atom is -0.378 e. The number of carbonyl (C=O) groups excluding carboxylic acids is 2. The van der Waals surface area contributed by atoms with Gasteiger partial charge in [-0.1, -0.05) is 13.8 Å². The van der Waals surface area contributed by atoms with E-state index < -0.39 is 6.04 Å². The molecule has 0 aliphatic carbocycles. The van der Waals surface area contributed by atoms with Crippen molar-refractivity contribution < 1.29 is 14.3 Å². The van der Waals surface area contributed by atoms with Gasteiger partial charge in [-0.15, -0.1) is 0 Å². The molecule has 0 aromatic heterocycles. The van der Waals surface area contributed by atoms with Gasteiger partial charge in [-0.2, -0.15) is 0 Å². The smallest absolute Gasteiger partial charge is 0.317 e. The molecule has 3 amide bonds. The van der Waals surface area contributed by atoms with E-state index in [-0.39, 0.29) is 11.9 Å². The van der Waals surface area contributed by atoms with Crippen LogP contribution in [0, 0.1) is 5.92 Å². The maximum absolute atomic E-state index is 12.4. The Hall–Kier alpha value is -1.30. The van der Waals surface area contributed by atoms with E-state index in [0.717, 1.165) is 0 Å². The number of amides is 3. The SMILES string of the molecule is CC(C)C[C@H](NC(=O)N(C)C)C(=O)N1CCOCC1. The second kappa shape index (κ2) is 7.33. The molecule has 0 aromatic rings. The van der Waals surface area contributed by atoms with Crippen LogP contribution in [-0.2, 0) is 9.53 Å². The zero-order chi connectivity index (χ0) is 14.4. The van der Waals surface area contributed by atoms with Crippen LogP contribution in [0.2, 0.25) is 0 Å². The van der Waals surface area contributed by atoms with Gasteiger partial charge in [0.05, 0.1) is 13.2 Å². The minimum atomic E-state index is -0.451. The zero-order valence-corrected chi connectivity index (χ0v) is 12.3. The molecular formula is C13H25N3O3. The summed E-state index contributed by atoms with van der Waals surface area (Å²) in [4.78, 5) is 27.4. The average Bonchev–Trinajstić information content (AvgIpc) is 2.37. The lowest BCUT2D eigenvalue weighted by Gasteiger charge is -2.31. The molecule has 6 heteroatoms. The minimum absolute atomic E-state index is 0.00722. The van der Waals surface area contributed by atoms with Gasteiger partial charge in [-0.25, -0.2) is 4.79 Å². The van der Waals surface area contributed by atoms with Gasteiger partial charge in [0, 0.05) is 27.2 Å². The van der Waals surface area contributed by atoms with Gasteiger partial charge in [0.1, 0.15) is 6.04 Å². The fraction of sp³-hybridized carbons (Fsp3) is 0.846. The van der Waals surface area contributed by atoms with Crippen molar-refractivity contribution in [3.8, 4) is 0 Å². The normalized spacial score (nSPS) is 17.2. The lowest BCUT2D eigenvalue weighted by atomic mass is 10.0. The summed E-state index contributed by atoms with van der Waals surface area (Å²) < 4.78 is 5.24. The van der Waals surface area contributed by atoms with Gasteiger partial charge in [0.15, 0.2) is 0 Å². The third-order valence-electron chi connectivity index (χ3n) is 3.03. The molecule has 110 valence electrons. The van der Waals surface area contributed by atoms with E-state index in [9.17, 15) is 9.59 Å². The van der Waals surface area contributed by atoms with Crippen molar-refractivity contribution >= 4 is 11.9 Å². The first-order chi connectivity index (χ1) is 8.91. The molecule has 0 spiro atoms. The van der Waals surface area contributed by atoms with E-state index in [1.165, 1.54) is 4.90 Å². The van der Waals surface area contributed by atoms with Crippen LogP contribution in [0.3, 0.4) is 0 Å². The Bertz CT molecular complexity index is 312. The highest BCUT2D eigenvalue weighted by Crippen LogP contribution is 2.10. The summed E-state index contributed by atoms with van der Waals surface area (Å²) in [5.41, 5.74) is 0. The summed E-state index contributed by atoms with van der Waals surface area (Å²) >= 11 is 0. The third-order valence-corrected chi connectivity index (χ3v) is 3.03. The van der Waals surface area contributed by atoms with Crippen LogP contribution in [0.1, 0.15) is 20.3 Å². The Labute approximate surface area is 115 Å². The molecule has 0 unspecified atom stereocenters. The summed E-state index contributed by atoms with van der Waals surface area (Å²) in [5.74, 6) is 0.338. The number of morpholine rings is 1. The third kappa shape index (κ3) is 5.06. The van der Waals surface area contributed by atoms with Gasteiger partial charge in [-0.05, 0) is 12.3 Å². The fourth-order valence-corrected chi connectivity index (χ4v) is 1.98. The molecule has 0 aromatic carbocycles. The first-order valence-corrected chi connectivity index (χ1v) is 6.76. The summed E-state index contributed by atoms with van der Waals surface area (Å²) in [7, 11) is 3.34. The molecule has 19 heavy (non-hydrogen) atoms. The Morgan fingerprint density at radius 2 is 1.84 bits per heavy atom. The Morgan fingerprint density at radius 3 is 2.32 bits per heavy atom. The molecule has 1 saturated heterocycles. The van der Waals surface area contributed by atoms with Crippen molar-refractivity contribution in [3.63, 3.8) is 0 Å². The maximum Gasteiger partial charge on any atom is 0.317 e. The van der Waals surface area contributed by atoms with Gasteiger partial charge in [0.2, 0.25) is 5.91 Å². The zero-order valence-electron chi connectivity index (χ0n) is 12.3. The predicted molar refractivity (Wildman–Crippen MR) is 72.9 cm³/mol. The molecule has 6 nitrogen and oxygen atoms in total. The number of nitrogens with zero attached hydrogens (tertiary/aromatic N) is 2. The topological polar surface area (TPSA) is 61.9 Å². The molecule has 1 heterocycles. The molecule has 1 rings (SSSR count). The first-order valence-electron chi connectivity index (χ1n) is 6.76. The molecule has 1 aliphatic heterocycles. The van der Waals surface area contributed by atoms with E-state index in [1.54, 1.807) is 19.0 Å². The summed E-state index contributed by atoms with van der Waals surface area (Å²) in [5, 5.41) is 2.80. The molecule has 1 atom stereocenters. The highest BCUT2D eigenvalue weighted by Gasteiger charge is 2.28. The second-order valence-electron chi connectivity index (χ2n) is 5.46. The van der Waals surface area contributed by atoms with Crippen molar-refractivity contribution in [3.05, 3.63) is 0 Å². The summed E-state index contributed by atoms with van der Waals surface area (Å²) in [6, 6.07) is -0.680. The fourth-order valence-electron chi connectivity index (χ4n) is 1.98. The molecule has 0 saturated carbocycles. The monoisotopic (exact) mass is 271 g/mol. The molecule has 0 radical (unpaired) electrons. The number of hydrogen-bond acceptors (Lipinski definition) is 3. The number of urea groups is 1. The molecule has 1 fully saturated rings. The summed E-state index contributed by atoms with van der Waals surface area (Å²) in [6.07, 6.45) is 0.649. The van der Waals surface area contributed by atoms with E-state index >= 15 is 0 Å². The van der Waals surface area contributed by atoms with E-state index in [1.807, 2.05) is 13.8 Å². The van der Waals surface area contributed by atoms with Crippen LogP contribution in [-0.4, -0.2) is 68.2 Å². The number of ether oxygens (including phenoxy) is 1. The van der Waals surface area contributed by atoms with Gasteiger partial charge < -0.3 is 19.9 Å². The highest BCUT2D eigenvalue weighted by atomic mass is 16.5. The second-order valence-corrected chi connectivity index (χ2v) is 5.46. The van der Waals surface area contributed by atoms with Crippen molar-refractivity contribution in [1.82, 2.24) is 15.1 Å². The van der Waals surface area contributed by atoms with Crippen molar-refractivity contribution in [1.29, 1.82) is 0 Å². The lowest BCUT2D eigenvalue weighted by molar-refractivity contribution is -0.137. The van der Waals surface area contributed by atoms with E-state index in [4.69, 9.17) is 4.74 Å². The molecule has 1 N–H and O–H groups in total. The number of hydrogen-bond donors (Lipinski definition) is 1. The number of rotatable bonds is 4. The number of carbonyl (C=O) groups is 2. The Balaban J connectivity index is 2.66. The van der Waals surface area contributed by atoms with Crippen molar-refractivity contribution in [2.75, 3.05) is 40.4 Å². The molecule has 1 aliphatic rings. The van der Waals surface area contributed by atoms with Crippen LogP contribution in [0.4, 0.5) is 4.79 Å². The summed E-state index contributed by atoms with van der Waals surface area (Å²) in [6.45, 7) is 6.43. The predicted octanol–water partition coefficient (Wildman–Crippen LogP) is 0.531.